The number of imidazole rings is 1. The molecule has 4 rings (SSSR count). The quantitative estimate of drug-likeness (QED) is 0.914. The lowest BCUT2D eigenvalue weighted by molar-refractivity contribution is -0.0246. The Labute approximate surface area is 138 Å². The Morgan fingerprint density at radius 3 is 2.67 bits per heavy atom. The van der Waals surface area contributed by atoms with Gasteiger partial charge in [-0.2, -0.15) is 0 Å². The summed E-state index contributed by atoms with van der Waals surface area (Å²) in [7, 11) is 0. The minimum atomic E-state index is -0.921. The monoisotopic (exact) mass is 336 g/mol. The van der Waals surface area contributed by atoms with Crippen LogP contribution in [0.4, 0.5) is 13.2 Å². The third kappa shape index (κ3) is 2.44. The topological polar surface area (TPSA) is 38.1 Å². The molecule has 0 saturated heterocycles. The molecule has 2 aliphatic rings. The highest BCUT2D eigenvalue weighted by Crippen LogP contribution is 2.45. The van der Waals surface area contributed by atoms with E-state index < -0.39 is 23.4 Å². The molecule has 6 heteroatoms. The third-order valence-electron chi connectivity index (χ3n) is 5.46. The molecular formula is C18H19F3N2O. The SMILES string of the molecule is OC1(CCC2c3c(F)ccc(F)c3-c3cncn32)CCC(F)CC1. The molecule has 3 nitrogen and oxygen atoms in total. The smallest absolute Gasteiger partial charge is 0.133 e. The van der Waals surface area contributed by atoms with Crippen molar-refractivity contribution in [2.24, 2.45) is 0 Å². The zero-order chi connectivity index (χ0) is 16.9. The zero-order valence-electron chi connectivity index (χ0n) is 13.2. The third-order valence-corrected chi connectivity index (χ3v) is 5.46. The van der Waals surface area contributed by atoms with Gasteiger partial charge in [-0.1, -0.05) is 0 Å². The summed E-state index contributed by atoms with van der Waals surface area (Å²) >= 11 is 0. The van der Waals surface area contributed by atoms with Crippen LogP contribution >= 0.6 is 0 Å². The number of benzene rings is 1. The Kier molecular flexibility index (Phi) is 3.67. The second kappa shape index (κ2) is 5.62. The Hall–Kier alpha value is -1.82. The molecule has 0 spiro atoms. The first kappa shape index (κ1) is 15.7. The van der Waals surface area contributed by atoms with Crippen molar-refractivity contribution in [3.05, 3.63) is 41.9 Å². The second-order valence-electron chi connectivity index (χ2n) is 6.96. The van der Waals surface area contributed by atoms with Gasteiger partial charge in [-0.05, 0) is 50.7 Å². The molecule has 1 saturated carbocycles. The molecule has 128 valence electrons. The maximum absolute atomic E-state index is 14.4. The van der Waals surface area contributed by atoms with E-state index in [1.54, 1.807) is 10.9 Å². The number of halogens is 3. The number of hydrogen-bond acceptors (Lipinski definition) is 2. The average Bonchev–Trinajstić information content (AvgIpc) is 3.13. The molecule has 1 aliphatic heterocycles. The van der Waals surface area contributed by atoms with Gasteiger partial charge in [0.2, 0.25) is 0 Å². The van der Waals surface area contributed by atoms with Gasteiger partial charge in [-0.3, -0.25) is 0 Å². The van der Waals surface area contributed by atoms with Crippen molar-refractivity contribution in [1.82, 2.24) is 9.55 Å². The van der Waals surface area contributed by atoms with Crippen molar-refractivity contribution in [2.75, 3.05) is 0 Å². The fourth-order valence-corrected chi connectivity index (χ4v) is 4.10. The largest absolute Gasteiger partial charge is 0.390 e. The van der Waals surface area contributed by atoms with Gasteiger partial charge in [0.15, 0.2) is 0 Å². The fourth-order valence-electron chi connectivity index (χ4n) is 4.10. The van der Waals surface area contributed by atoms with Gasteiger partial charge < -0.3 is 9.67 Å². The molecule has 1 aromatic carbocycles. The number of aliphatic hydroxyl groups is 1. The van der Waals surface area contributed by atoms with E-state index in [-0.39, 0.29) is 11.6 Å². The molecule has 2 heterocycles. The lowest BCUT2D eigenvalue weighted by Gasteiger charge is -2.34. The van der Waals surface area contributed by atoms with E-state index in [4.69, 9.17) is 0 Å². The van der Waals surface area contributed by atoms with Crippen LogP contribution in [0, 0.1) is 11.6 Å². The lowest BCUT2D eigenvalue weighted by Crippen LogP contribution is -2.35. The highest BCUT2D eigenvalue weighted by Gasteiger charge is 2.38. The molecule has 2 aromatic rings. The minimum absolute atomic E-state index is 0.261. The van der Waals surface area contributed by atoms with Crippen molar-refractivity contribution in [1.29, 1.82) is 0 Å². The standard InChI is InChI=1S/C18H19F3N2O/c19-11-3-6-18(24,7-4-11)8-5-14-16-12(20)1-2-13(21)17(16)15-9-22-10-23(14)15/h1-2,9-11,14,24H,3-8H2. The number of aromatic nitrogens is 2. The van der Waals surface area contributed by atoms with Crippen molar-refractivity contribution in [3.63, 3.8) is 0 Å². The van der Waals surface area contributed by atoms with Crippen LogP contribution in [0.25, 0.3) is 11.3 Å². The van der Waals surface area contributed by atoms with Crippen LogP contribution in [0.15, 0.2) is 24.7 Å². The van der Waals surface area contributed by atoms with Crippen LogP contribution in [-0.2, 0) is 0 Å². The highest BCUT2D eigenvalue weighted by molar-refractivity contribution is 5.70. The van der Waals surface area contributed by atoms with Gasteiger partial charge in [0.1, 0.15) is 17.8 Å². The molecule has 0 bridgehead atoms. The highest BCUT2D eigenvalue weighted by atomic mass is 19.1. The first-order valence-corrected chi connectivity index (χ1v) is 8.35. The summed E-state index contributed by atoms with van der Waals surface area (Å²) < 4.78 is 43.6. The van der Waals surface area contributed by atoms with Crippen LogP contribution in [-0.4, -0.2) is 26.4 Å². The van der Waals surface area contributed by atoms with Gasteiger partial charge >= 0.3 is 0 Å². The molecule has 1 aromatic heterocycles. The predicted molar refractivity (Wildman–Crippen MR) is 83.3 cm³/mol. The van der Waals surface area contributed by atoms with E-state index in [2.05, 4.69) is 4.98 Å². The number of fused-ring (bicyclic) bond motifs is 3. The normalized spacial score (nSPS) is 28.7. The Bertz CT molecular complexity index is 766. The van der Waals surface area contributed by atoms with E-state index in [1.807, 2.05) is 0 Å². The molecule has 1 atom stereocenters. The van der Waals surface area contributed by atoms with Crippen molar-refractivity contribution < 1.29 is 18.3 Å². The number of alkyl halides is 1. The zero-order valence-corrected chi connectivity index (χ0v) is 13.2. The summed E-state index contributed by atoms with van der Waals surface area (Å²) in [6.07, 6.45) is 4.69. The molecule has 24 heavy (non-hydrogen) atoms. The first-order chi connectivity index (χ1) is 11.5. The Balaban J connectivity index is 1.62. The minimum Gasteiger partial charge on any atom is -0.390 e. The molecule has 0 amide bonds. The number of nitrogens with zero attached hydrogens (tertiary/aromatic N) is 2. The van der Waals surface area contributed by atoms with Gasteiger partial charge in [0, 0.05) is 11.1 Å². The summed E-state index contributed by atoms with van der Waals surface area (Å²) in [5, 5.41) is 10.7. The van der Waals surface area contributed by atoms with E-state index in [0.29, 0.717) is 49.8 Å². The van der Waals surface area contributed by atoms with E-state index >= 15 is 0 Å². The number of rotatable bonds is 3. The molecular weight excluding hydrogens is 317 g/mol. The van der Waals surface area contributed by atoms with Crippen LogP contribution in [0.5, 0.6) is 0 Å². The molecule has 0 radical (unpaired) electrons. The van der Waals surface area contributed by atoms with Gasteiger partial charge in [0.05, 0.1) is 29.9 Å². The summed E-state index contributed by atoms with van der Waals surface area (Å²) in [5.74, 6) is -0.910. The summed E-state index contributed by atoms with van der Waals surface area (Å²) in [6.45, 7) is 0. The summed E-state index contributed by atoms with van der Waals surface area (Å²) in [6, 6.07) is 1.88. The predicted octanol–water partition coefficient (Wildman–Crippen LogP) is 4.15. The van der Waals surface area contributed by atoms with Gasteiger partial charge in [0.25, 0.3) is 0 Å². The van der Waals surface area contributed by atoms with Crippen LogP contribution < -0.4 is 0 Å². The van der Waals surface area contributed by atoms with E-state index in [1.165, 1.54) is 6.20 Å². The Morgan fingerprint density at radius 2 is 1.92 bits per heavy atom. The van der Waals surface area contributed by atoms with E-state index in [0.717, 1.165) is 12.1 Å². The molecule has 1 aliphatic carbocycles. The van der Waals surface area contributed by atoms with Crippen molar-refractivity contribution >= 4 is 0 Å². The summed E-state index contributed by atoms with van der Waals surface area (Å²) in [5.41, 5.74) is 0.231. The average molecular weight is 336 g/mol. The van der Waals surface area contributed by atoms with Crippen LogP contribution in [0.1, 0.15) is 50.1 Å². The maximum Gasteiger partial charge on any atom is 0.133 e. The molecule has 1 fully saturated rings. The fraction of sp³-hybridized carbons (Fsp3) is 0.500. The van der Waals surface area contributed by atoms with Crippen LogP contribution in [0.3, 0.4) is 0 Å². The summed E-state index contributed by atoms with van der Waals surface area (Å²) in [4.78, 5) is 4.05. The lowest BCUT2D eigenvalue weighted by atomic mass is 9.79. The van der Waals surface area contributed by atoms with Gasteiger partial charge in [-0.25, -0.2) is 18.2 Å². The van der Waals surface area contributed by atoms with Crippen molar-refractivity contribution in [2.45, 2.75) is 56.3 Å². The van der Waals surface area contributed by atoms with Gasteiger partial charge in [-0.15, -0.1) is 0 Å². The molecule has 1 N–H and O–H groups in total. The second-order valence-corrected chi connectivity index (χ2v) is 6.96. The van der Waals surface area contributed by atoms with Crippen LogP contribution in [0.2, 0.25) is 0 Å². The number of hydrogen-bond donors (Lipinski definition) is 1. The maximum atomic E-state index is 14.4. The molecule has 1 unspecified atom stereocenters. The van der Waals surface area contributed by atoms with E-state index in [9.17, 15) is 18.3 Å². The Morgan fingerprint density at radius 1 is 1.21 bits per heavy atom. The van der Waals surface area contributed by atoms with Crippen molar-refractivity contribution in [3.8, 4) is 11.3 Å². The first-order valence-electron chi connectivity index (χ1n) is 8.35.